The first-order chi connectivity index (χ1) is 9.87. The molecular weight excluding hydrogens is 306 g/mol. The van der Waals surface area contributed by atoms with Crippen molar-refractivity contribution >= 4 is 11.9 Å². The van der Waals surface area contributed by atoms with Crippen LogP contribution in [0, 0.1) is 11.8 Å². The van der Waals surface area contributed by atoms with Gasteiger partial charge in [-0.25, -0.2) is 0 Å². The van der Waals surface area contributed by atoms with Gasteiger partial charge < -0.3 is 10.4 Å². The number of aliphatic carboxylic acids is 1. The van der Waals surface area contributed by atoms with E-state index in [0.717, 1.165) is 0 Å². The summed E-state index contributed by atoms with van der Waals surface area (Å²) < 4.78 is 49.4. The van der Waals surface area contributed by atoms with Crippen molar-refractivity contribution in [2.45, 2.75) is 58.2 Å². The van der Waals surface area contributed by atoms with Crippen LogP contribution in [0.4, 0.5) is 17.6 Å². The van der Waals surface area contributed by atoms with Gasteiger partial charge in [-0.05, 0) is 40.0 Å². The molecule has 0 spiro atoms. The Kier molecular flexibility index (Phi) is 7.83. The molecule has 0 aliphatic carbocycles. The monoisotopic (exact) mass is 329 g/mol. The highest BCUT2D eigenvalue weighted by Crippen LogP contribution is 2.30. The first kappa shape index (κ1) is 20.7. The predicted octanol–water partition coefficient (Wildman–Crippen LogP) is 3.31. The fourth-order valence-corrected chi connectivity index (χ4v) is 2.09. The summed E-state index contributed by atoms with van der Waals surface area (Å²) in [5.74, 6) is -4.81. The Balaban J connectivity index is 5.18. The number of amides is 1. The summed E-state index contributed by atoms with van der Waals surface area (Å²) in [7, 11) is 0. The molecule has 0 unspecified atom stereocenters. The summed E-state index contributed by atoms with van der Waals surface area (Å²) in [5.41, 5.74) is -0.698. The van der Waals surface area contributed by atoms with Gasteiger partial charge in [-0.2, -0.15) is 13.2 Å². The van der Waals surface area contributed by atoms with Gasteiger partial charge >= 0.3 is 12.1 Å². The summed E-state index contributed by atoms with van der Waals surface area (Å²) in [6, 6.07) is 0. The maximum Gasteiger partial charge on any atom is 0.389 e. The summed E-state index contributed by atoms with van der Waals surface area (Å²) in [4.78, 5) is 23.4. The van der Waals surface area contributed by atoms with Crippen LogP contribution in [0.5, 0.6) is 0 Å². The molecule has 0 aliphatic rings. The Morgan fingerprint density at radius 2 is 1.64 bits per heavy atom. The number of carboxylic acid groups (broad SMARTS) is 1. The van der Waals surface area contributed by atoms with E-state index in [1.807, 2.05) is 0 Å². The van der Waals surface area contributed by atoms with E-state index in [9.17, 15) is 27.2 Å². The fraction of sp³-hybridized carbons (Fsp3) is 0.857. The normalized spacial score (nSPS) is 15.2. The van der Waals surface area contributed by atoms with Crippen LogP contribution in [0.25, 0.3) is 0 Å². The van der Waals surface area contributed by atoms with E-state index in [1.165, 1.54) is 0 Å². The average molecular weight is 329 g/mol. The number of carbonyl (C=O) groups is 2. The van der Waals surface area contributed by atoms with Crippen LogP contribution in [0.15, 0.2) is 0 Å². The molecule has 2 atom stereocenters. The molecule has 8 heteroatoms. The number of rotatable bonds is 8. The van der Waals surface area contributed by atoms with E-state index in [1.54, 1.807) is 20.8 Å². The number of carbonyl (C=O) groups excluding carboxylic acids is 1. The Hall–Kier alpha value is -1.34. The quantitative estimate of drug-likeness (QED) is 0.672. The van der Waals surface area contributed by atoms with Gasteiger partial charge in [0.05, 0.1) is 18.5 Å². The highest BCUT2D eigenvalue weighted by Gasteiger charge is 2.38. The minimum atomic E-state index is -4.48. The maximum absolute atomic E-state index is 12.4. The minimum absolute atomic E-state index is 0.109. The number of alkyl halides is 4. The maximum atomic E-state index is 12.4. The van der Waals surface area contributed by atoms with Crippen molar-refractivity contribution in [3.05, 3.63) is 0 Å². The second kappa shape index (κ2) is 8.33. The van der Waals surface area contributed by atoms with E-state index < -0.39 is 54.9 Å². The third-order valence-electron chi connectivity index (χ3n) is 3.03. The molecule has 1 amide bonds. The van der Waals surface area contributed by atoms with Crippen molar-refractivity contribution in [2.24, 2.45) is 11.8 Å². The van der Waals surface area contributed by atoms with Crippen LogP contribution in [0.1, 0.15) is 46.5 Å². The van der Waals surface area contributed by atoms with Crippen molar-refractivity contribution in [1.82, 2.24) is 5.32 Å². The zero-order chi connectivity index (χ0) is 17.6. The van der Waals surface area contributed by atoms with Crippen LogP contribution in [-0.2, 0) is 9.59 Å². The van der Waals surface area contributed by atoms with Gasteiger partial charge in [0.25, 0.3) is 0 Å². The van der Waals surface area contributed by atoms with Gasteiger partial charge in [-0.1, -0.05) is 0 Å². The molecule has 0 fully saturated rings. The molecule has 0 rings (SSSR count). The third-order valence-corrected chi connectivity index (χ3v) is 3.03. The lowest BCUT2D eigenvalue weighted by Gasteiger charge is -2.28. The van der Waals surface area contributed by atoms with E-state index in [2.05, 4.69) is 5.32 Å². The van der Waals surface area contributed by atoms with E-state index in [0.29, 0.717) is 0 Å². The molecule has 0 aromatic rings. The Morgan fingerprint density at radius 3 is 2.00 bits per heavy atom. The lowest BCUT2D eigenvalue weighted by atomic mass is 9.83. The molecular formula is C14H23F4NO3. The van der Waals surface area contributed by atoms with Crippen molar-refractivity contribution in [3.63, 3.8) is 0 Å². The third kappa shape index (κ3) is 8.84. The summed E-state index contributed by atoms with van der Waals surface area (Å²) in [6.45, 7) is 4.14. The molecule has 22 heavy (non-hydrogen) atoms. The minimum Gasteiger partial charge on any atom is -0.481 e. The van der Waals surface area contributed by atoms with E-state index in [4.69, 9.17) is 5.11 Å². The number of halogens is 4. The standard InChI is InChI=1S/C14H23F4NO3/c1-13(2,3)19-11(20)9(6-7-14(16,17)18)10(12(21)22)5-4-8-15/h9-10H,4-8H2,1-3H3,(H,19,20)(H,21,22)/t9-,10+/m0/s1. The Morgan fingerprint density at radius 1 is 1.09 bits per heavy atom. The van der Waals surface area contributed by atoms with Crippen molar-refractivity contribution < 1.29 is 32.3 Å². The van der Waals surface area contributed by atoms with Crippen LogP contribution in [0.3, 0.4) is 0 Å². The molecule has 0 aromatic carbocycles. The molecule has 2 N–H and O–H groups in total. The summed E-state index contributed by atoms with van der Waals surface area (Å²) >= 11 is 0. The molecule has 0 saturated carbocycles. The highest BCUT2D eigenvalue weighted by molar-refractivity contribution is 5.85. The molecule has 130 valence electrons. The van der Waals surface area contributed by atoms with Gasteiger partial charge in [0.15, 0.2) is 0 Å². The van der Waals surface area contributed by atoms with Crippen molar-refractivity contribution in [2.75, 3.05) is 6.67 Å². The zero-order valence-corrected chi connectivity index (χ0v) is 13.0. The van der Waals surface area contributed by atoms with Crippen LogP contribution < -0.4 is 5.32 Å². The van der Waals surface area contributed by atoms with E-state index in [-0.39, 0.29) is 12.8 Å². The smallest absolute Gasteiger partial charge is 0.389 e. The molecule has 0 bridgehead atoms. The zero-order valence-electron chi connectivity index (χ0n) is 13.0. The fourth-order valence-electron chi connectivity index (χ4n) is 2.09. The second-order valence-corrected chi connectivity index (χ2v) is 6.28. The molecule has 0 heterocycles. The van der Waals surface area contributed by atoms with Gasteiger partial charge in [0.2, 0.25) is 5.91 Å². The predicted molar refractivity (Wildman–Crippen MR) is 73.0 cm³/mol. The molecule has 4 nitrogen and oxygen atoms in total. The van der Waals surface area contributed by atoms with Crippen molar-refractivity contribution in [3.8, 4) is 0 Å². The molecule has 0 aliphatic heterocycles. The second-order valence-electron chi connectivity index (χ2n) is 6.28. The lowest BCUT2D eigenvalue weighted by Crippen LogP contribution is -2.47. The largest absolute Gasteiger partial charge is 0.481 e. The number of hydrogen-bond acceptors (Lipinski definition) is 2. The van der Waals surface area contributed by atoms with Gasteiger partial charge in [-0.15, -0.1) is 0 Å². The van der Waals surface area contributed by atoms with Gasteiger partial charge in [0, 0.05) is 12.0 Å². The number of hydrogen-bond donors (Lipinski definition) is 2. The van der Waals surface area contributed by atoms with Gasteiger partial charge in [-0.3, -0.25) is 14.0 Å². The van der Waals surface area contributed by atoms with Crippen LogP contribution in [-0.4, -0.2) is 35.4 Å². The SMILES string of the molecule is CC(C)(C)NC(=O)[C@@H](CCC(F)(F)F)[C@@H](CCCF)C(=O)O. The van der Waals surface area contributed by atoms with E-state index >= 15 is 0 Å². The summed E-state index contributed by atoms with van der Waals surface area (Å²) in [5, 5.41) is 11.7. The topological polar surface area (TPSA) is 66.4 Å². The van der Waals surface area contributed by atoms with Crippen LogP contribution in [0.2, 0.25) is 0 Å². The average Bonchev–Trinajstić information content (AvgIpc) is 2.28. The molecule has 0 aromatic heterocycles. The number of carboxylic acids is 1. The summed E-state index contributed by atoms with van der Waals surface area (Å²) in [6.07, 6.45) is -6.65. The molecule has 0 saturated heterocycles. The first-order valence-electron chi connectivity index (χ1n) is 7.05. The number of nitrogens with one attached hydrogen (secondary N) is 1. The lowest BCUT2D eigenvalue weighted by molar-refractivity contribution is -0.154. The molecule has 0 radical (unpaired) electrons. The van der Waals surface area contributed by atoms with Gasteiger partial charge in [0.1, 0.15) is 0 Å². The first-order valence-corrected chi connectivity index (χ1v) is 7.05. The highest BCUT2D eigenvalue weighted by atomic mass is 19.4. The van der Waals surface area contributed by atoms with Crippen LogP contribution >= 0.6 is 0 Å². The Bertz CT molecular complexity index is 377. The Labute approximate surface area is 127 Å². The van der Waals surface area contributed by atoms with Crippen molar-refractivity contribution in [1.29, 1.82) is 0 Å².